The fraction of sp³-hybridized carbons (Fsp3) is 0.462. The molecule has 0 bridgehead atoms. The van der Waals surface area contributed by atoms with Crippen molar-refractivity contribution in [3.05, 3.63) is 29.3 Å². The predicted octanol–water partition coefficient (Wildman–Crippen LogP) is 1.54. The zero-order chi connectivity index (χ0) is 13.2. The van der Waals surface area contributed by atoms with Crippen molar-refractivity contribution < 1.29 is 15.0 Å². The Hall–Kier alpha value is -1.55. The van der Waals surface area contributed by atoms with E-state index in [9.17, 15) is 15.0 Å². The number of aryl methyl sites for hydroxylation is 1. The molecular weight excluding hydrogens is 218 g/mol. The lowest BCUT2D eigenvalue weighted by Crippen LogP contribution is -2.47. The lowest BCUT2D eigenvalue weighted by atomic mass is 10.0. The Labute approximate surface area is 101 Å². The van der Waals surface area contributed by atoms with Crippen molar-refractivity contribution in [2.24, 2.45) is 0 Å². The molecule has 1 aromatic rings. The van der Waals surface area contributed by atoms with Crippen LogP contribution in [0.1, 0.15) is 29.8 Å². The minimum absolute atomic E-state index is 0.103. The van der Waals surface area contributed by atoms with E-state index >= 15 is 0 Å². The van der Waals surface area contributed by atoms with Crippen LogP contribution in [-0.4, -0.2) is 40.2 Å². The number of rotatable bonds is 3. The number of nitrogens with zero attached hydrogens (tertiary/aromatic N) is 1. The summed E-state index contributed by atoms with van der Waals surface area (Å²) in [7, 11) is 1.63. The van der Waals surface area contributed by atoms with Crippen molar-refractivity contribution in [1.29, 1.82) is 0 Å². The highest BCUT2D eigenvalue weighted by molar-refractivity contribution is 5.95. The Morgan fingerprint density at radius 1 is 1.41 bits per heavy atom. The number of carbonyl (C=O) groups is 1. The van der Waals surface area contributed by atoms with Crippen molar-refractivity contribution in [2.75, 3.05) is 13.7 Å². The number of carbonyl (C=O) groups excluding carboxylic acids is 1. The van der Waals surface area contributed by atoms with E-state index in [0.29, 0.717) is 5.56 Å². The maximum atomic E-state index is 12.1. The number of phenols is 1. The van der Waals surface area contributed by atoms with Crippen LogP contribution in [0, 0.1) is 6.92 Å². The van der Waals surface area contributed by atoms with E-state index in [0.717, 1.165) is 5.56 Å². The van der Waals surface area contributed by atoms with Gasteiger partial charge in [-0.25, -0.2) is 0 Å². The molecule has 4 heteroatoms. The number of aromatic hydroxyl groups is 1. The summed E-state index contributed by atoms with van der Waals surface area (Å²) >= 11 is 0. The molecule has 0 radical (unpaired) electrons. The molecule has 0 saturated heterocycles. The first-order chi connectivity index (χ1) is 7.79. The number of hydrogen-bond donors (Lipinski definition) is 2. The molecule has 0 fully saturated rings. The second-order valence-corrected chi connectivity index (χ2v) is 4.84. The first-order valence-electron chi connectivity index (χ1n) is 5.48. The van der Waals surface area contributed by atoms with Crippen molar-refractivity contribution >= 4 is 5.91 Å². The summed E-state index contributed by atoms with van der Waals surface area (Å²) in [5.74, 6) is -0.120. The monoisotopic (exact) mass is 237 g/mol. The van der Waals surface area contributed by atoms with Gasteiger partial charge in [-0.2, -0.15) is 0 Å². The molecule has 0 aromatic heterocycles. The molecule has 1 amide bonds. The number of aliphatic hydroxyl groups is 1. The van der Waals surface area contributed by atoms with Crippen LogP contribution in [0.4, 0.5) is 0 Å². The summed E-state index contributed by atoms with van der Waals surface area (Å²) in [5.41, 5.74) is 0.514. The van der Waals surface area contributed by atoms with Crippen molar-refractivity contribution in [1.82, 2.24) is 4.90 Å². The Bertz CT molecular complexity index is 427. The van der Waals surface area contributed by atoms with Gasteiger partial charge in [0.1, 0.15) is 5.75 Å². The highest BCUT2D eigenvalue weighted by atomic mass is 16.3. The number of aliphatic hydroxyl groups excluding tert-OH is 1. The van der Waals surface area contributed by atoms with Gasteiger partial charge in [0.25, 0.3) is 5.91 Å². The second-order valence-electron chi connectivity index (χ2n) is 4.84. The van der Waals surface area contributed by atoms with Crippen molar-refractivity contribution in [2.45, 2.75) is 26.3 Å². The lowest BCUT2D eigenvalue weighted by Gasteiger charge is -2.34. The molecule has 0 heterocycles. The summed E-state index contributed by atoms with van der Waals surface area (Å²) in [6.07, 6.45) is 0. The molecule has 0 aliphatic heterocycles. The SMILES string of the molecule is Cc1ccc(C(=O)N(C)C(C)(C)CO)cc1O. The smallest absolute Gasteiger partial charge is 0.254 e. The highest BCUT2D eigenvalue weighted by Crippen LogP contribution is 2.21. The third kappa shape index (κ3) is 2.77. The zero-order valence-corrected chi connectivity index (χ0v) is 10.7. The Kier molecular flexibility index (Phi) is 3.78. The number of hydrogen-bond acceptors (Lipinski definition) is 3. The van der Waals surface area contributed by atoms with Gasteiger partial charge in [-0.3, -0.25) is 4.79 Å². The summed E-state index contributed by atoms with van der Waals surface area (Å²) in [6, 6.07) is 4.81. The van der Waals surface area contributed by atoms with Crippen LogP contribution in [0.3, 0.4) is 0 Å². The predicted molar refractivity (Wildman–Crippen MR) is 66.1 cm³/mol. The Morgan fingerprint density at radius 3 is 2.47 bits per heavy atom. The van der Waals surface area contributed by atoms with Crippen LogP contribution in [-0.2, 0) is 0 Å². The first-order valence-corrected chi connectivity index (χ1v) is 5.48. The summed E-state index contributed by atoms with van der Waals surface area (Å²) in [6.45, 7) is 5.20. The van der Waals surface area contributed by atoms with Gasteiger partial charge in [-0.1, -0.05) is 6.07 Å². The fourth-order valence-electron chi connectivity index (χ4n) is 1.32. The van der Waals surface area contributed by atoms with Gasteiger partial charge in [0.05, 0.1) is 12.1 Å². The van der Waals surface area contributed by atoms with E-state index in [1.54, 1.807) is 40.0 Å². The number of amides is 1. The minimum Gasteiger partial charge on any atom is -0.508 e. The van der Waals surface area contributed by atoms with Crippen LogP contribution in [0.2, 0.25) is 0 Å². The average molecular weight is 237 g/mol. The average Bonchev–Trinajstić information content (AvgIpc) is 2.30. The van der Waals surface area contributed by atoms with Gasteiger partial charge in [0.2, 0.25) is 0 Å². The van der Waals surface area contributed by atoms with E-state index < -0.39 is 5.54 Å². The summed E-state index contributed by atoms with van der Waals surface area (Å²) < 4.78 is 0. The maximum Gasteiger partial charge on any atom is 0.254 e. The quantitative estimate of drug-likeness (QED) is 0.838. The second kappa shape index (κ2) is 4.75. The molecule has 17 heavy (non-hydrogen) atoms. The van der Waals surface area contributed by atoms with Crippen LogP contribution in [0.15, 0.2) is 18.2 Å². The highest BCUT2D eigenvalue weighted by Gasteiger charge is 2.27. The fourth-order valence-corrected chi connectivity index (χ4v) is 1.32. The van der Waals surface area contributed by atoms with Gasteiger partial charge in [-0.15, -0.1) is 0 Å². The maximum absolute atomic E-state index is 12.1. The largest absolute Gasteiger partial charge is 0.508 e. The standard InChI is InChI=1S/C13H19NO3/c1-9-5-6-10(7-11(9)16)12(17)14(4)13(2,3)8-15/h5-7,15-16H,8H2,1-4H3. The van der Waals surface area contributed by atoms with E-state index in [2.05, 4.69) is 0 Å². The molecule has 94 valence electrons. The lowest BCUT2D eigenvalue weighted by molar-refractivity contribution is 0.0473. The topological polar surface area (TPSA) is 60.8 Å². The molecule has 0 unspecified atom stereocenters. The number of phenolic OH excluding ortho intramolecular Hbond substituents is 1. The molecule has 0 spiro atoms. The van der Waals surface area contributed by atoms with Crippen LogP contribution >= 0.6 is 0 Å². The summed E-state index contributed by atoms with van der Waals surface area (Å²) in [5, 5.41) is 18.8. The summed E-state index contributed by atoms with van der Waals surface area (Å²) in [4.78, 5) is 13.6. The first kappa shape index (κ1) is 13.5. The Morgan fingerprint density at radius 2 is 2.00 bits per heavy atom. The van der Waals surface area contributed by atoms with E-state index in [1.165, 1.54) is 11.0 Å². The third-order valence-electron chi connectivity index (χ3n) is 3.06. The molecule has 0 aliphatic carbocycles. The van der Waals surface area contributed by atoms with Crippen LogP contribution in [0.5, 0.6) is 5.75 Å². The van der Waals surface area contributed by atoms with Gasteiger partial charge in [0, 0.05) is 12.6 Å². The van der Waals surface area contributed by atoms with Crippen molar-refractivity contribution in [3.8, 4) is 5.75 Å². The van der Waals surface area contributed by atoms with Crippen LogP contribution < -0.4 is 0 Å². The molecule has 4 nitrogen and oxygen atoms in total. The van der Waals surface area contributed by atoms with E-state index in [-0.39, 0.29) is 18.3 Å². The molecule has 0 aliphatic rings. The van der Waals surface area contributed by atoms with Gasteiger partial charge in [-0.05, 0) is 38.5 Å². The van der Waals surface area contributed by atoms with Crippen molar-refractivity contribution in [3.63, 3.8) is 0 Å². The van der Waals surface area contributed by atoms with Gasteiger partial charge >= 0.3 is 0 Å². The zero-order valence-electron chi connectivity index (χ0n) is 10.7. The normalized spacial score (nSPS) is 11.4. The third-order valence-corrected chi connectivity index (χ3v) is 3.06. The molecular formula is C13H19NO3. The van der Waals surface area contributed by atoms with E-state index in [1.807, 2.05) is 0 Å². The van der Waals surface area contributed by atoms with Gasteiger partial charge in [0.15, 0.2) is 0 Å². The minimum atomic E-state index is -0.627. The van der Waals surface area contributed by atoms with Gasteiger partial charge < -0.3 is 15.1 Å². The van der Waals surface area contributed by atoms with E-state index in [4.69, 9.17) is 0 Å². The Balaban J connectivity index is 3.01. The van der Waals surface area contributed by atoms with Crippen LogP contribution in [0.25, 0.3) is 0 Å². The molecule has 0 atom stereocenters. The molecule has 1 aromatic carbocycles. The number of benzene rings is 1. The molecule has 1 rings (SSSR count). The number of likely N-dealkylation sites (N-methyl/N-ethyl adjacent to an activating group) is 1. The molecule has 2 N–H and O–H groups in total. The molecule has 0 saturated carbocycles.